The van der Waals surface area contributed by atoms with Crippen molar-refractivity contribution in [1.82, 2.24) is 5.32 Å². The molecule has 0 spiro atoms. The lowest BCUT2D eigenvalue weighted by Gasteiger charge is -2.25. The van der Waals surface area contributed by atoms with E-state index in [1.807, 2.05) is 45.9 Å². The summed E-state index contributed by atoms with van der Waals surface area (Å²) < 4.78 is 46.7. The second-order valence-corrected chi connectivity index (χ2v) is 9.90. The fourth-order valence-electron chi connectivity index (χ4n) is 3.73. The molecule has 1 atom stereocenters. The van der Waals surface area contributed by atoms with Crippen LogP contribution in [-0.2, 0) is 14.8 Å². The Labute approximate surface area is 200 Å². The smallest absolute Gasteiger partial charge is 0.264 e. The van der Waals surface area contributed by atoms with Crippen molar-refractivity contribution < 1.29 is 22.3 Å². The van der Waals surface area contributed by atoms with Gasteiger partial charge in [0.1, 0.15) is 18.1 Å². The molecule has 0 heterocycles. The van der Waals surface area contributed by atoms with Gasteiger partial charge in [-0.2, -0.15) is 0 Å². The zero-order valence-corrected chi connectivity index (χ0v) is 20.5. The topological polar surface area (TPSA) is 75.7 Å². The van der Waals surface area contributed by atoms with Gasteiger partial charge in [0.2, 0.25) is 5.91 Å². The van der Waals surface area contributed by atoms with Crippen LogP contribution in [0.25, 0.3) is 0 Å². The molecule has 0 bridgehead atoms. The number of nitrogens with one attached hydrogen (secondary N) is 1. The number of hydrogen-bond acceptors (Lipinski definition) is 4. The zero-order chi connectivity index (χ0) is 24.9. The zero-order valence-electron chi connectivity index (χ0n) is 19.7. The first-order chi connectivity index (χ1) is 16.1. The largest absolute Gasteiger partial charge is 0.494 e. The Bertz CT molecular complexity index is 1240. The fraction of sp³-hybridized carbons (Fsp3) is 0.269. The molecular weight excluding hydrogens is 455 g/mol. The highest BCUT2D eigenvalue weighted by Crippen LogP contribution is 2.26. The van der Waals surface area contributed by atoms with Crippen LogP contribution in [0, 0.1) is 19.7 Å². The monoisotopic (exact) mass is 484 g/mol. The number of hydrogen-bond donors (Lipinski definition) is 1. The molecule has 0 aromatic heterocycles. The van der Waals surface area contributed by atoms with Crippen LogP contribution in [0.5, 0.6) is 5.75 Å². The van der Waals surface area contributed by atoms with Crippen molar-refractivity contribution in [2.24, 2.45) is 0 Å². The quantitative estimate of drug-likeness (QED) is 0.468. The first-order valence-electron chi connectivity index (χ1n) is 11.0. The van der Waals surface area contributed by atoms with Crippen LogP contribution >= 0.6 is 0 Å². The first kappa shape index (κ1) is 25.2. The summed E-state index contributed by atoms with van der Waals surface area (Å²) in [5.74, 6) is -0.433. The van der Waals surface area contributed by atoms with Gasteiger partial charge in [0.05, 0.1) is 23.2 Å². The molecular formula is C26H29FN2O4S. The number of benzene rings is 3. The van der Waals surface area contributed by atoms with E-state index in [0.717, 1.165) is 33.1 Å². The van der Waals surface area contributed by atoms with Crippen LogP contribution < -0.4 is 14.4 Å². The molecule has 3 aromatic carbocycles. The first-order valence-corrected chi connectivity index (χ1v) is 12.4. The van der Waals surface area contributed by atoms with E-state index in [4.69, 9.17) is 4.74 Å². The SMILES string of the molecule is CCOc1ccc(N(CC(=O)N[C@H](C)c2ccc(C)cc2C)S(=O)(=O)c2ccc(F)cc2)cc1. The van der Waals surface area contributed by atoms with Crippen molar-refractivity contribution in [3.63, 3.8) is 0 Å². The van der Waals surface area contributed by atoms with Crippen molar-refractivity contribution in [1.29, 1.82) is 0 Å². The Morgan fingerprint density at radius 3 is 2.26 bits per heavy atom. The van der Waals surface area contributed by atoms with Crippen LogP contribution in [0.3, 0.4) is 0 Å². The number of rotatable bonds is 9. The Morgan fingerprint density at radius 1 is 1.03 bits per heavy atom. The van der Waals surface area contributed by atoms with Crippen molar-refractivity contribution in [3.05, 3.63) is 89.2 Å². The molecule has 6 nitrogen and oxygen atoms in total. The third kappa shape index (κ3) is 5.94. The van der Waals surface area contributed by atoms with Gasteiger partial charge in [0.25, 0.3) is 10.0 Å². The van der Waals surface area contributed by atoms with E-state index in [2.05, 4.69) is 5.32 Å². The summed E-state index contributed by atoms with van der Waals surface area (Å²) >= 11 is 0. The van der Waals surface area contributed by atoms with Crippen LogP contribution in [0.4, 0.5) is 10.1 Å². The van der Waals surface area contributed by atoms with E-state index < -0.39 is 28.3 Å². The number of anilines is 1. The van der Waals surface area contributed by atoms with Gasteiger partial charge in [0.15, 0.2) is 0 Å². The summed E-state index contributed by atoms with van der Waals surface area (Å²) in [5, 5.41) is 2.89. The molecule has 8 heteroatoms. The molecule has 1 amide bonds. The Balaban J connectivity index is 1.90. The second-order valence-electron chi connectivity index (χ2n) is 8.04. The van der Waals surface area contributed by atoms with E-state index in [0.29, 0.717) is 18.0 Å². The number of carbonyl (C=O) groups is 1. The van der Waals surface area contributed by atoms with Gasteiger partial charge in [-0.15, -0.1) is 0 Å². The average Bonchev–Trinajstić information content (AvgIpc) is 2.78. The lowest BCUT2D eigenvalue weighted by atomic mass is 10.0. The van der Waals surface area contributed by atoms with Gasteiger partial charge >= 0.3 is 0 Å². The summed E-state index contributed by atoms with van der Waals surface area (Å²) in [6.07, 6.45) is 0. The van der Waals surface area contributed by atoms with Gasteiger partial charge in [-0.3, -0.25) is 9.10 Å². The van der Waals surface area contributed by atoms with Gasteiger partial charge in [-0.05, 0) is 87.4 Å². The number of ether oxygens (including phenoxy) is 1. The van der Waals surface area contributed by atoms with Crippen LogP contribution in [0.15, 0.2) is 71.6 Å². The number of carbonyl (C=O) groups excluding carboxylic acids is 1. The molecule has 0 aliphatic rings. The summed E-state index contributed by atoms with van der Waals surface area (Å²) in [4.78, 5) is 12.9. The molecule has 0 fully saturated rings. The molecule has 0 saturated heterocycles. The van der Waals surface area contributed by atoms with Crippen molar-refractivity contribution >= 4 is 21.6 Å². The van der Waals surface area contributed by atoms with E-state index in [-0.39, 0.29) is 10.9 Å². The third-order valence-electron chi connectivity index (χ3n) is 5.39. The molecule has 0 radical (unpaired) electrons. The summed E-state index contributed by atoms with van der Waals surface area (Å²) in [7, 11) is -4.14. The highest BCUT2D eigenvalue weighted by molar-refractivity contribution is 7.92. The standard InChI is InChI=1S/C26H29FN2O4S/c1-5-33-23-11-9-22(10-12-23)29(34(31,32)24-13-7-21(27)8-14-24)17-26(30)28-20(4)25-15-6-18(2)16-19(25)3/h6-16,20H,5,17H2,1-4H3,(H,28,30)/t20-/m1/s1. The van der Waals surface area contributed by atoms with Gasteiger partial charge < -0.3 is 10.1 Å². The van der Waals surface area contributed by atoms with Gasteiger partial charge in [0, 0.05) is 0 Å². The molecule has 1 N–H and O–H groups in total. The van der Waals surface area contributed by atoms with Crippen LogP contribution in [-0.4, -0.2) is 27.5 Å². The highest BCUT2D eigenvalue weighted by atomic mass is 32.2. The minimum atomic E-state index is -4.14. The summed E-state index contributed by atoms with van der Waals surface area (Å²) in [5.41, 5.74) is 3.40. The van der Waals surface area contributed by atoms with E-state index >= 15 is 0 Å². The van der Waals surface area contributed by atoms with Crippen molar-refractivity contribution in [2.75, 3.05) is 17.5 Å². The Morgan fingerprint density at radius 2 is 1.68 bits per heavy atom. The van der Waals surface area contributed by atoms with E-state index in [9.17, 15) is 17.6 Å². The summed E-state index contributed by atoms with van der Waals surface area (Å²) in [6.45, 7) is 7.69. The highest BCUT2D eigenvalue weighted by Gasteiger charge is 2.28. The minimum absolute atomic E-state index is 0.113. The molecule has 0 saturated carbocycles. The molecule has 0 aliphatic heterocycles. The molecule has 3 aromatic rings. The van der Waals surface area contributed by atoms with Gasteiger partial charge in [-0.25, -0.2) is 12.8 Å². The van der Waals surface area contributed by atoms with E-state index in [1.54, 1.807) is 24.3 Å². The normalized spacial score (nSPS) is 12.1. The fourth-order valence-corrected chi connectivity index (χ4v) is 5.15. The molecule has 34 heavy (non-hydrogen) atoms. The predicted octanol–water partition coefficient (Wildman–Crippen LogP) is 4.91. The molecule has 3 rings (SSSR count). The number of halogens is 1. The van der Waals surface area contributed by atoms with E-state index in [1.165, 1.54) is 12.1 Å². The summed E-state index contributed by atoms with van der Waals surface area (Å²) in [6, 6.07) is 16.6. The predicted molar refractivity (Wildman–Crippen MR) is 131 cm³/mol. The number of amides is 1. The molecule has 0 aliphatic carbocycles. The van der Waals surface area contributed by atoms with Crippen LogP contribution in [0.2, 0.25) is 0 Å². The second kappa shape index (κ2) is 10.7. The van der Waals surface area contributed by atoms with Crippen molar-refractivity contribution in [3.8, 4) is 5.75 Å². The third-order valence-corrected chi connectivity index (χ3v) is 7.18. The molecule has 0 unspecified atom stereocenters. The average molecular weight is 485 g/mol. The van der Waals surface area contributed by atoms with Gasteiger partial charge in [-0.1, -0.05) is 23.8 Å². The lowest BCUT2D eigenvalue weighted by molar-refractivity contribution is -0.120. The Kier molecular flexibility index (Phi) is 7.94. The number of sulfonamides is 1. The Hall–Kier alpha value is -3.39. The maximum absolute atomic E-state index is 13.4. The van der Waals surface area contributed by atoms with Crippen LogP contribution in [0.1, 0.15) is 36.6 Å². The minimum Gasteiger partial charge on any atom is -0.494 e. The molecule has 180 valence electrons. The number of aryl methyl sites for hydroxylation is 2. The maximum atomic E-state index is 13.4. The van der Waals surface area contributed by atoms with Crippen molar-refractivity contribution in [2.45, 2.75) is 38.6 Å². The maximum Gasteiger partial charge on any atom is 0.264 e. The number of nitrogens with zero attached hydrogens (tertiary/aromatic N) is 1. The lowest BCUT2D eigenvalue weighted by Crippen LogP contribution is -2.41.